The molecule has 0 heterocycles. The van der Waals surface area contributed by atoms with Crippen LogP contribution in [0.2, 0.25) is 0 Å². The summed E-state index contributed by atoms with van der Waals surface area (Å²) >= 11 is 0. The molecule has 7 atom stereocenters. The van der Waals surface area contributed by atoms with Gasteiger partial charge < -0.3 is 9.84 Å². The molecule has 0 spiro atoms. The van der Waals surface area contributed by atoms with Gasteiger partial charge in [-0.3, -0.25) is 9.59 Å². The van der Waals surface area contributed by atoms with Gasteiger partial charge in [-0.2, -0.15) is 0 Å². The summed E-state index contributed by atoms with van der Waals surface area (Å²) < 4.78 is 5.04. The number of esters is 1. The Hall–Kier alpha value is -1.68. The van der Waals surface area contributed by atoms with E-state index in [1.54, 1.807) is 0 Å². The predicted octanol–water partition coefficient (Wildman–Crippen LogP) is 4.39. The molecular formula is C25H34O4. The summed E-state index contributed by atoms with van der Waals surface area (Å²) in [5.74, 6) is 0.457. The van der Waals surface area contributed by atoms with Crippen LogP contribution in [0.25, 0.3) is 0 Å². The summed E-state index contributed by atoms with van der Waals surface area (Å²) in [6.45, 7) is 14.4. The minimum Gasteiger partial charge on any atom is -0.458 e. The van der Waals surface area contributed by atoms with Crippen LogP contribution in [0, 0.1) is 34.5 Å². The molecule has 1 unspecified atom stereocenters. The lowest BCUT2D eigenvalue weighted by atomic mass is 9.47. The number of ether oxygens (including phenoxy) is 1. The number of hydrogen-bond donors (Lipinski definition) is 1. The highest BCUT2D eigenvalue weighted by Gasteiger charge is 2.62. The van der Waals surface area contributed by atoms with Crippen molar-refractivity contribution in [2.75, 3.05) is 6.61 Å². The summed E-state index contributed by atoms with van der Waals surface area (Å²) in [5, 5.41) is 10.2. The number of aliphatic hydroxyl groups excluding tert-OH is 1. The van der Waals surface area contributed by atoms with Gasteiger partial charge in [-0.05, 0) is 78.3 Å². The molecule has 1 N–H and O–H groups in total. The molecule has 3 saturated carbocycles. The lowest BCUT2D eigenvalue weighted by Crippen LogP contribution is -2.51. The Morgan fingerprint density at radius 2 is 1.93 bits per heavy atom. The number of Topliss-reactive ketones (excluding diaryl/α,β-unsaturated/α-hetero) is 1. The standard InChI is InChI=1S/C25H34O4/c1-14-15(2)23(21(28)13-29-16(3)26)25(5)11-9-20-19(22(14)25)7-6-17-12-18(27)8-10-24(17,20)4/h6,18-20,22-23,27H,1-2,7-13H2,3-5H3/t18?,19-,20+,22+,23-,24+,25+/m1/s1. The summed E-state index contributed by atoms with van der Waals surface area (Å²) in [6.07, 6.45) is 7.91. The molecule has 0 bridgehead atoms. The van der Waals surface area contributed by atoms with Crippen molar-refractivity contribution in [1.29, 1.82) is 0 Å². The van der Waals surface area contributed by atoms with Crippen LogP contribution in [0.1, 0.15) is 59.3 Å². The van der Waals surface area contributed by atoms with Crippen molar-refractivity contribution in [3.8, 4) is 0 Å². The molecule has 4 aliphatic rings. The van der Waals surface area contributed by atoms with Crippen molar-refractivity contribution in [1.82, 2.24) is 0 Å². The number of carbonyl (C=O) groups excluding carboxylic acids is 2. The van der Waals surface area contributed by atoms with Crippen molar-refractivity contribution in [3.05, 3.63) is 36.0 Å². The fourth-order valence-corrected chi connectivity index (χ4v) is 7.46. The van der Waals surface area contributed by atoms with E-state index in [4.69, 9.17) is 4.74 Å². The summed E-state index contributed by atoms with van der Waals surface area (Å²) in [6, 6.07) is 0. The first kappa shape index (κ1) is 20.6. The van der Waals surface area contributed by atoms with Crippen LogP contribution in [-0.4, -0.2) is 29.6 Å². The molecule has 0 saturated heterocycles. The first-order valence-electron chi connectivity index (χ1n) is 11.0. The molecule has 0 aliphatic heterocycles. The third kappa shape index (κ3) is 2.98. The largest absolute Gasteiger partial charge is 0.458 e. The highest BCUT2D eigenvalue weighted by molar-refractivity contribution is 5.89. The van der Waals surface area contributed by atoms with Crippen LogP contribution in [0.15, 0.2) is 36.0 Å². The molecule has 0 aromatic heterocycles. The van der Waals surface area contributed by atoms with Crippen LogP contribution in [-0.2, 0) is 14.3 Å². The zero-order chi connectivity index (χ0) is 21.1. The molecule has 4 heteroatoms. The van der Waals surface area contributed by atoms with Gasteiger partial charge in [-0.15, -0.1) is 0 Å². The first-order chi connectivity index (χ1) is 13.6. The highest BCUT2D eigenvalue weighted by Crippen LogP contribution is 2.68. The highest BCUT2D eigenvalue weighted by atomic mass is 16.5. The number of rotatable bonds is 3. The number of carbonyl (C=O) groups is 2. The molecule has 29 heavy (non-hydrogen) atoms. The van der Waals surface area contributed by atoms with Crippen molar-refractivity contribution >= 4 is 11.8 Å². The van der Waals surface area contributed by atoms with E-state index in [1.165, 1.54) is 12.5 Å². The molecule has 0 aromatic rings. The number of fused-ring (bicyclic) bond motifs is 5. The normalized spacial score (nSPS) is 43.7. The number of aliphatic hydroxyl groups is 1. The molecule has 0 radical (unpaired) electrons. The van der Waals surface area contributed by atoms with E-state index in [0.29, 0.717) is 11.8 Å². The Balaban J connectivity index is 1.66. The minimum absolute atomic E-state index is 0.0474. The van der Waals surface area contributed by atoms with E-state index in [0.717, 1.165) is 49.7 Å². The molecular weight excluding hydrogens is 364 g/mol. The smallest absolute Gasteiger partial charge is 0.303 e. The second kappa shape index (κ2) is 6.94. The van der Waals surface area contributed by atoms with Crippen LogP contribution < -0.4 is 0 Å². The molecule has 4 aliphatic carbocycles. The van der Waals surface area contributed by atoms with Crippen molar-refractivity contribution < 1.29 is 19.4 Å². The fourth-order valence-electron chi connectivity index (χ4n) is 7.46. The summed E-state index contributed by atoms with van der Waals surface area (Å²) in [7, 11) is 0. The second-order valence-electron chi connectivity index (χ2n) is 10.3. The maximum atomic E-state index is 13.0. The topological polar surface area (TPSA) is 63.6 Å². The van der Waals surface area contributed by atoms with E-state index >= 15 is 0 Å². The Morgan fingerprint density at radius 3 is 2.62 bits per heavy atom. The van der Waals surface area contributed by atoms with Gasteiger partial charge in [0.2, 0.25) is 0 Å². The second-order valence-corrected chi connectivity index (χ2v) is 10.3. The molecule has 0 amide bonds. The summed E-state index contributed by atoms with van der Waals surface area (Å²) in [5.41, 5.74) is 3.24. The van der Waals surface area contributed by atoms with Gasteiger partial charge in [0.05, 0.1) is 12.0 Å². The number of hydrogen-bond acceptors (Lipinski definition) is 4. The lowest BCUT2D eigenvalue weighted by molar-refractivity contribution is -0.148. The lowest BCUT2D eigenvalue weighted by Gasteiger charge is -2.57. The monoisotopic (exact) mass is 398 g/mol. The SMILES string of the molecule is C=C1C(=C)[C@H]2[C@@H]3CC=C4CC(O)CC[C@]4(C)[C@H]3CC[C@]2(C)[C@H]1C(=O)COC(C)=O. The maximum Gasteiger partial charge on any atom is 0.303 e. The van der Waals surface area contributed by atoms with Gasteiger partial charge in [0.15, 0.2) is 12.4 Å². The zero-order valence-electron chi connectivity index (χ0n) is 18.0. The van der Waals surface area contributed by atoms with E-state index in [1.807, 2.05) is 0 Å². The van der Waals surface area contributed by atoms with Gasteiger partial charge in [-0.25, -0.2) is 0 Å². The molecule has 4 rings (SSSR count). The summed E-state index contributed by atoms with van der Waals surface area (Å²) in [4.78, 5) is 24.2. The average Bonchev–Trinajstić information content (AvgIpc) is 2.86. The Labute approximate surface area is 174 Å². The molecule has 4 nitrogen and oxygen atoms in total. The van der Waals surface area contributed by atoms with Gasteiger partial charge in [0.25, 0.3) is 0 Å². The fraction of sp³-hybridized carbons (Fsp3) is 0.680. The van der Waals surface area contributed by atoms with E-state index in [-0.39, 0.29) is 41.2 Å². The zero-order valence-corrected chi connectivity index (χ0v) is 18.0. The van der Waals surface area contributed by atoms with Gasteiger partial charge in [-0.1, -0.05) is 38.7 Å². The van der Waals surface area contributed by atoms with Crippen LogP contribution in [0.3, 0.4) is 0 Å². The van der Waals surface area contributed by atoms with Crippen molar-refractivity contribution in [2.45, 2.75) is 65.4 Å². The van der Waals surface area contributed by atoms with Gasteiger partial charge in [0.1, 0.15) is 0 Å². The molecule has 3 fully saturated rings. The average molecular weight is 399 g/mol. The minimum atomic E-state index is -0.427. The van der Waals surface area contributed by atoms with Gasteiger partial charge in [0, 0.05) is 6.92 Å². The number of ketones is 1. The van der Waals surface area contributed by atoms with Crippen LogP contribution in [0.5, 0.6) is 0 Å². The van der Waals surface area contributed by atoms with Crippen LogP contribution >= 0.6 is 0 Å². The van der Waals surface area contributed by atoms with Crippen LogP contribution in [0.4, 0.5) is 0 Å². The third-order valence-corrected chi connectivity index (χ3v) is 8.83. The molecule has 158 valence electrons. The Morgan fingerprint density at radius 1 is 1.21 bits per heavy atom. The van der Waals surface area contributed by atoms with Crippen molar-refractivity contribution in [2.24, 2.45) is 34.5 Å². The predicted molar refractivity (Wildman–Crippen MR) is 112 cm³/mol. The molecule has 0 aromatic carbocycles. The van der Waals surface area contributed by atoms with Crippen molar-refractivity contribution in [3.63, 3.8) is 0 Å². The maximum absolute atomic E-state index is 13.0. The Bertz CT molecular complexity index is 808. The van der Waals surface area contributed by atoms with E-state index in [2.05, 4.69) is 33.1 Å². The van der Waals surface area contributed by atoms with Gasteiger partial charge >= 0.3 is 5.97 Å². The quantitative estimate of drug-likeness (QED) is 0.566. The number of allylic oxidation sites excluding steroid dienone is 3. The van der Waals surface area contributed by atoms with E-state index in [9.17, 15) is 14.7 Å². The first-order valence-corrected chi connectivity index (χ1v) is 11.0. The van der Waals surface area contributed by atoms with E-state index < -0.39 is 5.97 Å². The third-order valence-electron chi connectivity index (χ3n) is 8.83. The Kier molecular flexibility index (Phi) is 4.92.